The van der Waals surface area contributed by atoms with Crippen molar-refractivity contribution in [1.82, 2.24) is 10.2 Å². The third kappa shape index (κ3) is 2.88. The number of hydrogen-bond acceptors (Lipinski definition) is 6. The molecule has 24 heavy (non-hydrogen) atoms. The van der Waals surface area contributed by atoms with Crippen LogP contribution in [0.15, 0.2) is 0 Å². The van der Waals surface area contributed by atoms with Crippen LogP contribution in [0.3, 0.4) is 0 Å². The van der Waals surface area contributed by atoms with Gasteiger partial charge in [0.15, 0.2) is 15.7 Å². The first-order valence-electron chi connectivity index (χ1n) is 8.65. The molecule has 2 rings (SSSR count). The molecule has 1 fully saturated rings. The van der Waals surface area contributed by atoms with E-state index in [9.17, 15) is 13.7 Å². The van der Waals surface area contributed by atoms with Gasteiger partial charge < -0.3 is 4.90 Å². The molecule has 1 saturated heterocycles. The lowest BCUT2D eigenvalue weighted by Gasteiger charge is -2.42. The Morgan fingerprint density at radius 3 is 2.33 bits per heavy atom. The summed E-state index contributed by atoms with van der Waals surface area (Å²) in [5, 5.41) is 18.3. The van der Waals surface area contributed by atoms with Crippen molar-refractivity contribution in [2.24, 2.45) is 0 Å². The van der Waals surface area contributed by atoms with Gasteiger partial charge in [-0.1, -0.05) is 27.7 Å². The summed E-state index contributed by atoms with van der Waals surface area (Å²) >= 11 is 0. The molecule has 0 aromatic carbocycles. The summed E-state index contributed by atoms with van der Waals surface area (Å²) in [6, 6.07) is 2.28. The Morgan fingerprint density at radius 1 is 1.17 bits per heavy atom. The van der Waals surface area contributed by atoms with E-state index in [1.807, 2.05) is 32.6 Å². The highest BCUT2D eigenvalue weighted by atomic mass is 32.2. The maximum atomic E-state index is 12.6. The van der Waals surface area contributed by atoms with Crippen molar-refractivity contribution in [1.29, 1.82) is 5.26 Å². The Bertz CT molecular complexity index is 749. The number of anilines is 1. The van der Waals surface area contributed by atoms with Crippen LogP contribution < -0.4 is 4.90 Å². The van der Waals surface area contributed by atoms with E-state index in [1.165, 1.54) is 0 Å². The minimum Gasteiger partial charge on any atom is -0.351 e. The summed E-state index contributed by atoms with van der Waals surface area (Å²) < 4.78 is 24.4. The highest BCUT2D eigenvalue weighted by molar-refractivity contribution is 7.92. The second-order valence-electron chi connectivity index (χ2n) is 6.27. The third-order valence-corrected chi connectivity index (χ3v) is 8.04. The smallest absolute Gasteiger partial charge is 0.169 e. The highest BCUT2D eigenvalue weighted by Crippen LogP contribution is 2.34. The molecule has 2 heterocycles. The van der Waals surface area contributed by atoms with Crippen molar-refractivity contribution in [2.75, 3.05) is 23.7 Å². The van der Waals surface area contributed by atoms with E-state index in [0.717, 1.165) is 17.7 Å². The molecule has 0 N–H and O–H groups in total. The Balaban J connectivity index is 2.52. The van der Waals surface area contributed by atoms with E-state index in [2.05, 4.69) is 16.3 Å². The molecular formula is C17H26N4O2S. The van der Waals surface area contributed by atoms with Gasteiger partial charge in [0.05, 0.1) is 16.2 Å². The van der Waals surface area contributed by atoms with Gasteiger partial charge in [0, 0.05) is 13.1 Å². The summed E-state index contributed by atoms with van der Waals surface area (Å²) in [7, 11) is -3.15. The molecule has 132 valence electrons. The lowest BCUT2D eigenvalue weighted by molar-refractivity contribution is 0.456. The van der Waals surface area contributed by atoms with Gasteiger partial charge in [-0.25, -0.2) is 8.42 Å². The van der Waals surface area contributed by atoms with Crippen LogP contribution >= 0.6 is 0 Å². The first-order chi connectivity index (χ1) is 11.4. The molecular weight excluding hydrogens is 324 g/mol. The Labute approximate surface area is 144 Å². The average Bonchev–Trinajstić information content (AvgIpc) is 2.60. The predicted molar refractivity (Wildman–Crippen MR) is 94.8 cm³/mol. The molecule has 0 atom stereocenters. The topological polar surface area (TPSA) is 87.0 Å². The van der Waals surface area contributed by atoms with Gasteiger partial charge in [0.1, 0.15) is 11.6 Å². The highest BCUT2D eigenvalue weighted by Gasteiger charge is 2.46. The van der Waals surface area contributed by atoms with E-state index < -0.39 is 14.6 Å². The molecule has 0 aliphatic carbocycles. The van der Waals surface area contributed by atoms with Crippen molar-refractivity contribution in [2.45, 2.75) is 58.1 Å². The molecule has 7 heteroatoms. The number of nitrogens with zero attached hydrogens (tertiary/aromatic N) is 4. The van der Waals surface area contributed by atoms with Gasteiger partial charge in [0.25, 0.3) is 0 Å². The van der Waals surface area contributed by atoms with Crippen LogP contribution in [0, 0.1) is 11.3 Å². The fourth-order valence-corrected chi connectivity index (χ4v) is 5.69. The van der Waals surface area contributed by atoms with E-state index in [0.29, 0.717) is 43.7 Å². The molecule has 1 aliphatic heterocycles. The van der Waals surface area contributed by atoms with Crippen LogP contribution in [0.1, 0.15) is 57.4 Å². The maximum absolute atomic E-state index is 12.6. The zero-order chi connectivity index (χ0) is 18.0. The zero-order valence-electron chi connectivity index (χ0n) is 15.0. The molecule has 0 amide bonds. The Morgan fingerprint density at radius 2 is 1.83 bits per heavy atom. The van der Waals surface area contributed by atoms with Crippen LogP contribution in [0.2, 0.25) is 0 Å². The first-order valence-corrected chi connectivity index (χ1v) is 10.3. The third-order valence-electron chi connectivity index (χ3n) is 5.30. The lowest BCUT2D eigenvalue weighted by atomic mass is 9.99. The summed E-state index contributed by atoms with van der Waals surface area (Å²) in [5.74, 6) is 0.630. The minimum atomic E-state index is -3.15. The van der Waals surface area contributed by atoms with Gasteiger partial charge in [-0.3, -0.25) is 0 Å². The van der Waals surface area contributed by atoms with Crippen molar-refractivity contribution < 1.29 is 8.42 Å². The molecule has 6 nitrogen and oxygen atoms in total. The number of hydrogen-bond donors (Lipinski definition) is 0. The van der Waals surface area contributed by atoms with Gasteiger partial charge in [-0.15, -0.1) is 5.10 Å². The van der Waals surface area contributed by atoms with Crippen molar-refractivity contribution >= 4 is 15.7 Å². The number of sulfone groups is 1. The quantitative estimate of drug-likeness (QED) is 0.809. The summed E-state index contributed by atoms with van der Waals surface area (Å²) in [6.45, 7) is 8.57. The van der Waals surface area contributed by atoms with Crippen LogP contribution in [0.25, 0.3) is 0 Å². The number of aryl methyl sites for hydroxylation is 1. The lowest BCUT2D eigenvalue weighted by Crippen LogP contribution is -2.56. The second-order valence-corrected chi connectivity index (χ2v) is 8.78. The van der Waals surface area contributed by atoms with Crippen molar-refractivity contribution in [3.8, 4) is 6.07 Å². The fraction of sp³-hybridized carbons (Fsp3) is 0.706. The largest absolute Gasteiger partial charge is 0.351 e. The maximum Gasteiger partial charge on any atom is 0.169 e. The van der Waals surface area contributed by atoms with Crippen LogP contribution in [0.5, 0.6) is 0 Å². The molecule has 0 bridgehead atoms. The fourth-order valence-electron chi connectivity index (χ4n) is 3.57. The van der Waals surface area contributed by atoms with E-state index in [1.54, 1.807) is 0 Å². The Hall–Kier alpha value is -1.68. The predicted octanol–water partition coefficient (Wildman–Crippen LogP) is 2.27. The van der Waals surface area contributed by atoms with Gasteiger partial charge in [-0.2, -0.15) is 10.4 Å². The van der Waals surface area contributed by atoms with E-state index in [-0.39, 0.29) is 5.75 Å². The van der Waals surface area contributed by atoms with Gasteiger partial charge in [0.2, 0.25) is 0 Å². The Kier molecular flexibility index (Phi) is 5.49. The summed E-state index contributed by atoms with van der Waals surface area (Å²) in [5.41, 5.74) is 2.32. The molecule has 0 spiro atoms. The molecule has 0 unspecified atom stereocenters. The molecule has 1 aliphatic rings. The molecule has 0 saturated carbocycles. The van der Waals surface area contributed by atoms with Crippen LogP contribution in [-0.4, -0.2) is 42.2 Å². The summed E-state index contributed by atoms with van der Waals surface area (Å²) in [4.78, 5) is 1.94. The molecule has 1 aromatic rings. The number of aromatic nitrogens is 2. The second kappa shape index (κ2) is 7.06. The minimum absolute atomic E-state index is 0.0955. The van der Waals surface area contributed by atoms with E-state index in [4.69, 9.17) is 0 Å². The normalized spacial score (nSPS) is 19.0. The van der Waals surface area contributed by atoms with Gasteiger partial charge in [-0.05, 0) is 31.2 Å². The number of rotatable bonds is 5. The summed E-state index contributed by atoms with van der Waals surface area (Å²) in [6.07, 6.45) is 2.57. The first kappa shape index (κ1) is 18.7. The monoisotopic (exact) mass is 350 g/mol. The SMILES string of the molecule is CCc1nnc(N2CCS(=O)(=O)C(CC)(CC)C2)c(C#N)c1CC. The van der Waals surface area contributed by atoms with Gasteiger partial charge >= 0.3 is 0 Å². The van der Waals surface area contributed by atoms with Crippen molar-refractivity contribution in [3.63, 3.8) is 0 Å². The standard InChI is InChI=1S/C17H26N4O2S/c1-5-13-14(11-18)16(20-19-15(13)6-2)21-9-10-24(22,23)17(7-3,8-4)12-21/h5-10,12H2,1-4H3. The zero-order valence-corrected chi connectivity index (χ0v) is 15.8. The van der Waals surface area contributed by atoms with E-state index >= 15 is 0 Å². The van der Waals surface area contributed by atoms with Crippen LogP contribution in [-0.2, 0) is 22.7 Å². The van der Waals surface area contributed by atoms with Crippen LogP contribution in [0.4, 0.5) is 5.82 Å². The number of nitriles is 1. The average molecular weight is 350 g/mol. The molecule has 1 aromatic heterocycles. The molecule has 0 radical (unpaired) electrons. The van der Waals surface area contributed by atoms with Crippen molar-refractivity contribution in [3.05, 3.63) is 16.8 Å².